The Morgan fingerprint density at radius 3 is 2.93 bits per heavy atom. The zero-order valence-electron chi connectivity index (χ0n) is 15.8. The Bertz CT molecular complexity index is 1010. The van der Waals surface area contributed by atoms with Crippen molar-refractivity contribution in [3.63, 3.8) is 0 Å². The third-order valence-corrected chi connectivity index (χ3v) is 5.22. The van der Waals surface area contributed by atoms with Gasteiger partial charge in [-0.15, -0.1) is 0 Å². The van der Waals surface area contributed by atoms with Crippen LogP contribution in [0.4, 0.5) is 5.69 Å². The summed E-state index contributed by atoms with van der Waals surface area (Å²) >= 11 is 0. The largest absolute Gasteiger partial charge is 0.497 e. The number of carbonyl (C=O) groups excluding carboxylic acids is 2. The molecule has 1 aliphatic rings. The van der Waals surface area contributed by atoms with Crippen LogP contribution in [-0.4, -0.2) is 41.9 Å². The summed E-state index contributed by atoms with van der Waals surface area (Å²) in [5, 5.41) is 4.02. The average molecular weight is 377 g/mol. The fourth-order valence-corrected chi connectivity index (χ4v) is 3.68. The lowest BCUT2D eigenvalue weighted by Gasteiger charge is -2.32. The molecule has 0 bridgehead atoms. The number of benzene rings is 2. The number of aromatic amines is 1. The monoisotopic (exact) mass is 377 g/mol. The number of hydrogen-bond acceptors (Lipinski definition) is 3. The Morgan fingerprint density at radius 2 is 2.07 bits per heavy atom. The van der Waals surface area contributed by atoms with Crippen molar-refractivity contribution < 1.29 is 14.3 Å². The van der Waals surface area contributed by atoms with Crippen LogP contribution in [0.5, 0.6) is 5.75 Å². The smallest absolute Gasteiger partial charge is 0.253 e. The zero-order chi connectivity index (χ0) is 19.5. The fraction of sp³-hybridized carbons (Fsp3) is 0.273. The summed E-state index contributed by atoms with van der Waals surface area (Å²) in [6.07, 6.45) is 3.45. The van der Waals surface area contributed by atoms with Crippen molar-refractivity contribution in [3.05, 3.63) is 60.3 Å². The molecule has 4 rings (SSSR count). The van der Waals surface area contributed by atoms with Gasteiger partial charge in [0.15, 0.2) is 0 Å². The summed E-state index contributed by atoms with van der Waals surface area (Å²) in [6.45, 7) is 1.10. The van der Waals surface area contributed by atoms with E-state index in [0.717, 1.165) is 23.7 Å². The minimum atomic E-state index is -0.224. The van der Waals surface area contributed by atoms with Gasteiger partial charge in [-0.1, -0.05) is 12.1 Å². The SMILES string of the molecule is COc1cccc(NC(=O)C2CCCN(C(=O)c3ccc4cc[nH]c4c3)C2)c1. The summed E-state index contributed by atoms with van der Waals surface area (Å²) in [5.41, 5.74) is 2.28. The highest BCUT2D eigenvalue weighted by Crippen LogP contribution is 2.23. The summed E-state index contributed by atoms with van der Waals surface area (Å²) in [7, 11) is 1.59. The van der Waals surface area contributed by atoms with Gasteiger partial charge in [0.2, 0.25) is 5.91 Å². The second-order valence-corrected chi connectivity index (χ2v) is 7.09. The molecule has 1 atom stereocenters. The molecule has 1 saturated heterocycles. The molecule has 2 amide bonds. The molecular weight excluding hydrogens is 354 g/mol. The van der Waals surface area contributed by atoms with Crippen molar-refractivity contribution in [2.24, 2.45) is 5.92 Å². The summed E-state index contributed by atoms with van der Waals surface area (Å²) < 4.78 is 5.20. The van der Waals surface area contributed by atoms with E-state index in [-0.39, 0.29) is 17.7 Å². The van der Waals surface area contributed by atoms with Crippen LogP contribution in [0.15, 0.2) is 54.7 Å². The van der Waals surface area contributed by atoms with E-state index >= 15 is 0 Å². The number of ether oxygens (including phenoxy) is 1. The Balaban J connectivity index is 1.44. The number of aromatic nitrogens is 1. The number of carbonyl (C=O) groups is 2. The first kappa shape index (κ1) is 18.1. The van der Waals surface area contributed by atoms with Gasteiger partial charge >= 0.3 is 0 Å². The van der Waals surface area contributed by atoms with Crippen LogP contribution in [0.25, 0.3) is 10.9 Å². The first-order valence-electron chi connectivity index (χ1n) is 9.45. The lowest BCUT2D eigenvalue weighted by molar-refractivity contribution is -0.121. The van der Waals surface area contributed by atoms with E-state index in [1.54, 1.807) is 18.1 Å². The molecule has 0 radical (unpaired) electrons. The second-order valence-electron chi connectivity index (χ2n) is 7.09. The van der Waals surface area contributed by atoms with E-state index in [9.17, 15) is 9.59 Å². The number of nitrogens with one attached hydrogen (secondary N) is 2. The molecule has 28 heavy (non-hydrogen) atoms. The predicted octanol–water partition coefficient (Wildman–Crippen LogP) is 3.67. The number of H-pyrrole nitrogens is 1. The summed E-state index contributed by atoms with van der Waals surface area (Å²) in [4.78, 5) is 30.6. The van der Waals surface area contributed by atoms with Crippen molar-refractivity contribution in [3.8, 4) is 5.75 Å². The number of nitrogens with zero attached hydrogens (tertiary/aromatic N) is 1. The number of anilines is 1. The van der Waals surface area contributed by atoms with Gasteiger partial charge in [0.1, 0.15) is 5.75 Å². The van der Waals surface area contributed by atoms with Crippen LogP contribution in [0.1, 0.15) is 23.2 Å². The van der Waals surface area contributed by atoms with Crippen LogP contribution >= 0.6 is 0 Å². The van der Waals surface area contributed by atoms with Gasteiger partial charge in [-0.3, -0.25) is 9.59 Å². The third-order valence-electron chi connectivity index (χ3n) is 5.22. The second kappa shape index (κ2) is 7.76. The standard InChI is InChI=1S/C22H23N3O3/c1-28-19-6-2-5-18(13-19)24-21(26)17-4-3-11-25(14-17)22(27)16-8-7-15-9-10-23-20(15)12-16/h2,5-10,12-13,17,23H,3-4,11,14H2,1H3,(H,24,26). The minimum Gasteiger partial charge on any atom is -0.497 e. The van der Waals surface area contributed by atoms with Crippen molar-refractivity contribution in [2.75, 3.05) is 25.5 Å². The van der Waals surface area contributed by atoms with Crippen molar-refractivity contribution >= 4 is 28.4 Å². The fourth-order valence-electron chi connectivity index (χ4n) is 3.68. The van der Waals surface area contributed by atoms with Gasteiger partial charge in [-0.25, -0.2) is 0 Å². The van der Waals surface area contributed by atoms with E-state index in [1.807, 2.05) is 48.7 Å². The highest BCUT2D eigenvalue weighted by atomic mass is 16.5. The van der Waals surface area contributed by atoms with Gasteiger partial charge in [0.05, 0.1) is 13.0 Å². The van der Waals surface area contributed by atoms with Gasteiger partial charge in [0, 0.05) is 42.1 Å². The first-order chi connectivity index (χ1) is 13.6. The van der Waals surface area contributed by atoms with Gasteiger partial charge in [-0.2, -0.15) is 0 Å². The average Bonchev–Trinajstić information content (AvgIpc) is 3.21. The van der Waals surface area contributed by atoms with Crippen LogP contribution < -0.4 is 10.1 Å². The van der Waals surface area contributed by atoms with Gasteiger partial charge < -0.3 is 19.9 Å². The van der Waals surface area contributed by atoms with Crippen molar-refractivity contribution in [2.45, 2.75) is 12.8 Å². The van der Waals surface area contributed by atoms with E-state index in [4.69, 9.17) is 4.74 Å². The van der Waals surface area contributed by atoms with Gasteiger partial charge in [0.25, 0.3) is 5.91 Å². The molecule has 1 aliphatic heterocycles. The molecule has 1 fully saturated rings. The molecule has 2 N–H and O–H groups in total. The number of amides is 2. The maximum Gasteiger partial charge on any atom is 0.253 e. The number of fused-ring (bicyclic) bond motifs is 1. The number of hydrogen-bond donors (Lipinski definition) is 2. The normalized spacial score (nSPS) is 16.8. The molecule has 0 saturated carbocycles. The molecule has 2 heterocycles. The van der Waals surface area contributed by atoms with Crippen LogP contribution in [0.3, 0.4) is 0 Å². The van der Waals surface area contributed by atoms with E-state index in [1.165, 1.54) is 0 Å². The van der Waals surface area contributed by atoms with Crippen molar-refractivity contribution in [1.29, 1.82) is 0 Å². The Labute approximate surface area is 163 Å². The lowest BCUT2D eigenvalue weighted by atomic mass is 9.96. The number of methoxy groups -OCH3 is 1. The number of piperidine rings is 1. The topological polar surface area (TPSA) is 74.4 Å². The molecule has 144 valence electrons. The van der Waals surface area contributed by atoms with Crippen LogP contribution in [0, 0.1) is 5.92 Å². The van der Waals surface area contributed by atoms with Crippen molar-refractivity contribution in [1.82, 2.24) is 9.88 Å². The maximum absolute atomic E-state index is 12.9. The molecule has 2 aromatic carbocycles. The number of rotatable bonds is 4. The van der Waals surface area contributed by atoms with Crippen LogP contribution in [-0.2, 0) is 4.79 Å². The summed E-state index contributed by atoms with van der Waals surface area (Å²) in [6, 6.07) is 14.9. The lowest BCUT2D eigenvalue weighted by Crippen LogP contribution is -2.43. The Morgan fingerprint density at radius 1 is 1.18 bits per heavy atom. The van der Waals surface area contributed by atoms with Crippen LogP contribution in [0.2, 0.25) is 0 Å². The zero-order valence-corrected chi connectivity index (χ0v) is 15.8. The first-order valence-corrected chi connectivity index (χ1v) is 9.45. The van der Waals surface area contributed by atoms with E-state index in [0.29, 0.717) is 30.1 Å². The van der Waals surface area contributed by atoms with E-state index < -0.39 is 0 Å². The maximum atomic E-state index is 12.9. The molecule has 0 spiro atoms. The molecular formula is C22H23N3O3. The Hall–Kier alpha value is -3.28. The molecule has 1 unspecified atom stereocenters. The van der Waals surface area contributed by atoms with E-state index in [2.05, 4.69) is 10.3 Å². The Kier molecular flexibility index (Phi) is 5.02. The molecule has 3 aromatic rings. The minimum absolute atomic E-state index is 0.0321. The quantitative estimate of drug-likeness (QED) is 0.729. The van der Waals surface area contributed by atoms with Gasteiger partial charge in [-0.05, 0) is 48.6 Å². The highest BCUT2D eigenvalue weighted by molar-refractivity contribution is 5.99. The summed E-state index contributed by atoms with van der Waals surface area (Å²) in [5.74, 6) is 0.372. The third kappa shape index (κ3) is 3.71. The molecule has 6 nitrogen and oxygen atoms in total. The molecule has 0 aliphatic carbocycles. The molecule has 6 heteroatoms. The highest BCUT2D eigenvalue weighted by Gasteiger charge is 2.29. The molecule has 1 aromatic heterocycles. The number of likely N-dealkylation sites (tertiary alicyclic amines) is 1. The predicted molar refractivity (Wildman–Crippen MR) is 109 cm³/mol.